The summed E-state index contributed by atoms with van der Waals surface area (Å²) in [5, 5.41) is 0. The third kappa shape index (κ3) is 3.36. The van der Waals surface area contributed by atoms with Crippen molar-refractivity contribution in [3.63, 3.8) is 0 Å². The van der Waals surface area contributed by atoms with E-state index in [2.05, 4.69) is 0 Å². The van der Waals surface area contributed by atoms with Crippen molar-refractivity contribution in [2.24, 2.45) is 23.2 Å². The quantitative estimate of drug-likeness (QED) is 0.473. The summed E-state index contributed by atoms with van der Waals surface area (Å²) in [5.74, 6) is 1.30. The number of benzene rings is 2. The first-order chi connectivity index (χ1) is 13.5. The van der Waals surface area contributed by atoms with E-state index >= 15 is 0 Å². The van der Waals surface area contributed by atoms with Crippen LogP contribution in [-0.2, 0) is 7.86 Å². The van der Waals surface area contributed by atoms with Crippen molar-refractivity contribution in [3.8, 4) is 0 Å². The minimum atomic E-state index is -2.58. The van der Waals surface area contributed by atoms with Crippen LogP contribution in [0, 0.1) is 41.9 Å². The van der Waals surface area contributed by atoms with E-state index in [-0.39, 0.29) is 23.0 Å². The van der Waals surface area contributed by atoms with Gasteiger partial charge in [0.1, 0.15) is 0 Å². The van der Waals surface area contributed by atoms with Crippen LogP contribution in [0.4, 0.5) is 8.78 Å². The third-order valence-corrected chi connectivity index (χ3v) is 11.2. The van der Waals surface area contributed by atoms with Crippen molar-refractivity contribution in [1.82, 2.24) is 0 Å². The molecule has 0 radical (unpaired) electrons. The van der Waals surface area contributed by atoms with Gasteiger partial charge in [0, 0.05) is 0 Å². The Hall–Kier alpha value is -1.50. The van der Waals surface area contributed by atoms with Gasteiger partial charge in [-0.15, -0.1) is 0 Å². The average Bonchev–Trinajstić information content (AvgIpc) is 2.66. The van der Waals surface area contributed by atoms with Crippen LogP contribution in [0.25, 0.3) is 0 Å². The first-order valence-corrected chi connectivity index (χ1v) is 13.0. The van der Waals surface area contributed by atoms with Crippen LogP contribution < -0.4 is 0 Å². The van der Waals surface area contributed by atoms with E-state index < -0.39 is 20.2 Å². The minimum absolute atomic E-state index is 0.0644. The second-order valence-corrected chi connectivity index (χ2v) is 13.0. The van der Waals surface area contributed by atoms with Crippen molar-refractivity contribution in [2.75, 3.05) is 0 Å². The van der Waals surface area contributed by atoms with Crippen LogP contribution in [0.2, 0.25) is 0 Å². The summed E-state index contributed by atoms with van der Waals surface area (Å²) in [6, 6.07) is 12.4. The molecule has 0 unspecified atom stereocenters. The van der Waals surface area contributed by atoms with Gasteiger partial charge in [0.25, 0.3) is 0 Å². The predicted molar refractivity (Wildman–Crippen MR) is 111 cm³/mol. The van der Waals surface area contributed by atoms with E-state index in [1.807, 2.05) is 0 Å². The van der Waals surface area contributed by atoms with E-state index in [0.29, 0.717) is 17.8 Å². The molecule has 0 N–H and O–H groups in total. The van der Waals surface area contributed by atoms with E-state index in [0.717, 1.165) is 26.4 Å². The van der Waals surface area contributed by atoms with Gasteiger partial charge in [0.15, 0.2) is 0 Å². The van der Waals surface area contributed by atoms with Crippen molar-refractivity contribution in [2.45, 2.75) is 38.5 Å². The molecule has 0 heterocycles. The topological polar surface area (TPSA) is 26.3 Å². The fourth-order valence-electron chi connectivity index (χ4n) is 5.82. The molecule has 4 aliphatic carbocycles. The average molecular weight is 496 g/mol. The molecular formula is C23H23F2IO2. The maximum absolute atomic E-state index is 13.5. The van der Waals surface area contributed by atoms with Gasteiger partial charge in [0.05, 0.1) is 0 Å². The third-order valence-electron chi connectivity index (χ3n) is 6.62. The van der Waals surface area contributed by atoms with Gasteiger partial charge >= 0.3 is 172 Å². The standard InChI is InChI=1S/C23H23F2IO2/c24-18-1-5-20(6-2-18)26(21-7-3-19(25)4-8-21)28-22(27)23-12-15-9-16(13-23)11-17(10-15)14-23/h1-8,15-17H,9-14H2. The SMILES string of the molecule is O=C(OI(c1ccc(F)cc1)c1ccc(F)cc1)C12CC3CC(CC(C3)C1)C2. The van der Waals surface area contributed by atoms with E-state index in [1.165, 1.54) is 43.5 Å². The molecule has 4 aliphatic rings. The Morgan fingerprint density at radius 2 is 1.18 bits per heavy atom. The summed E-state index contributed by atoms with van der Waals surface area (Å²) in [5.41, 5.74) is -0.329. The number of hydrogen-bond donors (Lipinski definition) is 0. The molecule has 148 valence electrons. The van der Waals surface area contributed by atoms with Crippen molar-refractivity contribution in [3.05, 3.63) is 67.3 Å². The monoisotopic (exact) mass is 496 g/mol. The number of hydrogen-bond acceptors (Lipinski definition) is 2. The van der Waals surface area contributed by atoms with E-state index in [4.69, 9.17) is 3.07 Å². The molecule has 6 rings (SSSR count). The van der Waals surface area contributed by atoms with Gasteiger partial charge in [-0.25, -0.2) is 0 Å². The Balaban J connectivity index is 1.45. The molecule has 2 aromatic rings. The van der Waals surface area contributed by atoms with Gasteiger partial charge < -0.3 is 0 Å². The van der Waals surface area contributed by atoms with Crippen LogP contribution in [0.5, 0.6) is 0 Å². The molecule has 28 heavy (non-hydrogen) atoms. The van der Waals surface area contributed by atoms with Gasteiger partial charge in [-0.2, -0.15) is 0 Å². The van der Waals surface area contributed by atoms with Crippen molar-refractivity contribution >= 4 is 26.2 Å². The summed E-state index contributed by atoms with van der Waals surface area (Å²) >= 11 is -2.58. The molecule has 0 saturated heterocycles. The van der Waals surface area contributed by atoms with Crippen LogP contribution in [0.15, 0.2) is 48.5 Å². The molecule has 0 aromatic heterocycles. The number of halogens is 3. The van der Waals surface area contributed by atoms with E-state index in [1.54, 1.807) is 24.3 Å². The van der Waals surface area contributed by atoms with Gasteiger partial charge in [-0.3, -0.25) is 0 Å². The second-order valence-electron chi connectivity index (χ2n) is 8.68. The van der Waals surface area contributed by atoms with Crippen molar-refractivity contribution in [1.29, 1.82) is 0 Å². The number of rotatable bonds is 4. The molecule has 2 nitrogen and oxygen atoms in total. The molecule has 0 atom stereocenters. The number of carbonyl (C=O) groups is 1. The predicted octanol–water partition coefficient (Wildman–Crippen LogP) is 6.19. The summed E-state index contributed by atoms with van der Waals surface area (Å²) in [4.78, 5) is 13.5. The molecular weight excluding hydrogens is 473 g/mol. The second kappa shape index (κ2) is 7.08. The summed E-state index contributed by atoms with van der Waals surface area (Å²) in [7, 11) is 0. The molecule has 4 fully saturated rings. The van der Waals surface area contributed by atoms with Gasteiger partial charge in [-0.05, 0) is 0 Å². The van der Waals surface area contributed by atoms with Crippen molar-refractivity contribution < 1.29 is 16.6 Å². The zero-order valence-electron chi connectivity index (χ0n) is 15.5. The van der Waals surface area contributed by atoms with Crippen LogP contribution in [0.3, 0.4) is 0 Å². The Morgan fingerprint density at radius 3 is 1.57 bits per heavy atom. The summed E-state index contributed by atoms with van der Waals surface area (Å²) in [6.07, 6.45) is 6.66. The van der Waals surface area contributed by atoms with Gasteiger partial charge in [-0.1, -0.05) is 0 Å². The zero-order valence-corrected chi connectivity index (χ0v) is 17.7. The summed E-state index contributed by atoms with van der Waals surface area (Å²) < 4.78 is 34.8. The van der Waals surface area contributed by atoms with Gasteiger partial charge in [0.2, 0.25) is 0 Å². The Morgan fingerprint density at radius 1 is 0.786 bits per heavy atom. The molecule has 0 amide bonds. The normalized spacial score (nSPS) is 30.9. The molecule has 2 aromatic carbocycles. The zero-order chi connectivity index (χ0) is 19.3. The Labute approximate surface area is 171 Å². The van der Waals surface area contributed by atoms with E-state index in [9.17, 15) is 13.6 Å². The first kappa shape index (κ1) is 18.5. The molecule has 4 bridgehead atoms. The summed E-state index contributed by atoms with van der Waals surface area (Å²) in [6.45, 7) is 0. The van der Waals surface area contributed by atoms with Crippen LogP contribution in [-0.4, -0.2) is 5.97 Å². The molecule has 5 heteroatoms. The first-order valence-electron chi connectivity index (χ1n) is 9.95. The maximum atomic E-state index is 13.5. The molecule has 0 spiro atoms. The fourth-order valence-corrected chi connectivity index (χ4v) is 9.94. The number of carbonyl (C=O) groups excluding carboxylic acids is 1. The van der Waals surface area contributed by atoms with Crippen LogP contribution in [0.1, 0.15) is 38.5 Å². The molecule has 0 aliphatic heterocycles. The fraction of sp³-hybridized carbons (Fsp3) is 0.435. The Bertz CT molecular complexity index is 798. The Kier molecular flexibility index (Phi) is 4.68. The molecule has 4 saturated carbocycles. The van der Waals surface area contributed by atoms with Crippen LogP contribution >= 0.6 is 20.2 Å².